The molecule has 0 bridgehead atoms. The van der Waals surface area contributed by atoms with Crippen LogP contribution in [0, 0.1) is 0 Å². The highest BCUT2D eigenvalue weighted by atomic mass is 16.3. The third-order valence-corrected chi connectivity index (χ3v) is 12.7. The van der Waals surface area contributed by atoms with Gasteiger partial charge in [-0.05, 0) is 120 Å². The van der Waals surface area contributed by atoms with Gasteiger partial charge in [0.25, 0.3) is 0 Å². The van der Waals surface area contributed by atoms with Crippen LogP contribution in [0.1, 0.15) is 0 Å². The van der Waals surface area contributed by atoms with E-state index in [1.165, 1.54) is 60.5 Å². The predicted octanol–water partition coefficient (Wildman–Crippen LogP) is 17.7. The zero-order chi connectivity index (χ0) is 42.4. The molecule has 0 saturated carbocycles. The molecule has 0 amide bonds. The molecule has 2 heteroatoms. The zero-order valence-electron chi connectivity index (χ0n) is 35.0. The minimum atomic E-state index is 0.903. The van der Waals surface area contributed by atoms with Gasteiger partial charge in [-0.3, -0.25) is 0 Å². The van der Waals surface area contributed by atoms with Gasteiger partial charge in [-0.25, -0.2) is 0 Å². The van der Waals surface area contributed by atoms with Crippen LogP contribution in [0.4, 0.5) is 17.1 Å². The molecule has 0 atom stereocenters. The lowest BCUT2D eigenvalue weighted by molar-refractivity contribution is 0.670. The average Bonchev–Trinajstić information content (AvgIpc) is 3.76. The van der Waals surface area contributed by atoms with Gasteiger partial charge in [-0.15, -0.1) is 0 Å². The minimum Gasteiger partial charge on any atom is -0.455 e. The van der Waals surface area contributed by atoms with Crippen molar-refractivity contribution in [1.82, 2.24) is 0 Å². The molecule has 0 unspecified atom stereocenters. The van der Waals surface area contributed by atoms with Gasteiger partial charge in [-0.2, -0.15) is 0 Å². The van der Waals surface area contributed by atoms with Gasteiger partial charge in [0.1, 0.15) is 11.2 Å². The van der Waals surface area contributed by atoms with Crippen molar-refractivity contribution in [1.29, 1.82) is 0 Å². The number of rotatable bonds is 8. The summed E-state index contributed by atoms with van der Waals surface area (Å²) in [5.74, 6) is 0. The molecule has 0 fully saturated rings. The molecule has 11 aromatic carbocycles. The fraction of sp³-hybridized carbons (Fsp3) is 0. The van der Waals surface area contributed by atoms with Gasteiger partial charge < -0.3 is 9.32 Å². The van der Waals surface area contributed by atoms with E-state index in [0.717, 1.165) is 55.7 Å². The van der Waals surface area contributed by atoms with Crippen molar-refractivity contribution >= 4 is 60.5 Å². The van der Waals surface area contributed by atoms with E-state index >= 15 is 0 Å². The summed E-state index contributed by atoms with van der Waals surface area (Å²) in [6, 6.07) is 89.6. The molecule has 300 valence electrons. The topological polar surface area (TPSA) is 16.4 Å². The van der Waals surface area contributed by atoms with E-state index in [-0.39, 0.29) is 0 Å². The molecule has 0 saturated heterocycles. The summed E-state index contributed by atoms with van der Waals surface area (Å²) in [6.07, 6.45) is 0. The Kier molecular flexibility index (Phi) is 9.20. The molecule has 0 radical (unpaired) electrons. The van der Waals surface area contributed by atoms with Crippen molar-refractivity contribution in [3.8, 4) is 55.6 Å². The van der Waals surface area contributed by atoms with E-state index in [4.69, 9.17) is 4.42 Å². The number of benzene rings is 11. The van der Waals surface area contributed by atoms with Gasteiger partial charge in [0, 0.05) is 33.4 Å². The standard InChI is InChI=1S/C62H41NO/c1-4-16-42(17-5-1)47-22-14-23-51(40-47)63(50-37-32-44(33-38-50)52-27-15-28-57-55-25-12-13-29-59(55)64-62(52)57)49-35-30-43(31-36-49)48-34-39-54-53-24-10-11-26-56(53)60(45-18-6-2-7-19-45)61(58(54)41-48)46-20-8-3-9-21-46/h1-41H. The molecule has 0 N–H and O–H groups in total. The summed E-state index contributed by atoms with van der Waals surface area (Å²) < 4.78 is 6.44. The second-order valence-corrected chi connectivity index (χ2v) is 16.4. The van der Waals surface area contributed by atoms with Crippen LogP contribution >= 0.6 is 0 Å². The predicted molar refractivity (Wildman–Crippen MR) is 271 cm³/mol. The maximum Gasteiger partial charge on any atom is 0.143 e. The average molecular weight is 816 g/mol. The van der Waals surface area contributed by atoms with Crippen molar-refractivity contribution in [3.05, 3.63) is 249 Å². The smallest absolute Gasteiger partial charge is 0.143 e. The number of para-hydroxylation sites is 2. The van der Waals surface area contributed by atoms with Gasteiger partial charge in [0.05, 0.1) is 0 Å². The first-order valence-corrected chi connectivity index (χ1v) is 21.9. The highest BCUT2D eigenvalue weighted by molar-refractivity contribution is 6.22. The summed E-state index contributed by atoms with van der Waals surface area (Å²) in [7, 11) is 0. The van der Waals surface area contributed by atoms with E-state index in [1.54, 1.807) is 0 Å². The van der Waals surface area contributed by atoms with Crippen LogP contribution in [0.25, 0.3) is 99.1 Å². The number of fused-ring (bicyclic) bond motifs is 6. The largest absolute Gasteiger partial charge is 0.455 e. The molecule has 0 aliphatic carbocycles. The Labute approximate surface area is 372 Å². The summed E-state index contributed by atoms with van der Waals surface area (Å²) in [4.78, 5) is 2.36. The van der Waals surface area contributed by atoms with Crippen LogP contribution in [0.5, 0.6) is 0 Å². The van der Waals surface area contributed by atoms with E-state index in [2.05, 4.69) is 241 Å². The Bertz CT molecular complexity index is 3630. The molecule has 0 aliphatic rings. The van der Waals surface area contributed by atoms with Crippen LogP contribution in [0.2, 0.25) is 0 Å². The van der Waals surface area contributed by atoms with Gasteiger partial charge >= 0.3 is 0 Å². The molecule has 2 nitrogen and oxygen atoms in total. The van der Waals surface area contributed by atoms with E-state index in [9.17, 15) is 0 Å². The Morgan fingerprint density at radius 3 is 1.41 bits per heavy atom. The van der Waals surface area contributed by atoms with Gasteiger partial charge in [-0.1, -0.05) is 200 Å². The summed E-state index contributed by atoms with van der Waals surface area (Å²) >= 11 is 0. The molecule has 1 aromatic heterocycles. The normalized spacial score (nSPS) is 11.4. The number of hydrogen-bond donors (Lipinski definition) is 0. The number of nitrogens with zero attached hydrogens (tertiary/aromatic N) is 1. The SMILES string of the molecule is c1ccc(-c2cccc(N(c3ccc(-c4ccc5c(c4)c(-c4ccccc4)c(-c4ccccc4)c4ccccc45)cc3)c3ccc(-c4cccc5c4oc4ccccc45)cc3)c2)cc1. The van der Waals surface area contributed by atoms with Crippen LogP contribution in [-0.4, -0.2) is 0 Å². The molecule has 12 rings (SSSR count). The first-order valence-electron chi connectivity index (χ1n) is 21.9. The van der Waals surface area contributed by atoms with E-state index in [0.29, 0.717) is 0 Å². The maximum atomic E-state index is 6.44. The second-order valence-electron chi connectivity index (χ2n) is 16.4. The van der Waals surface area contributed by atoms with Crippen molar-refractivity contribution in [2.24, 2.45) is 0 Å². The highest BCUT2D eigenvalue weighted by Gasteiger charge is 2.20. The molecule has 0 spiro atoms. The van der Waals surface area contributed by atoms with Crippen molar-refractivity contribution in [3.63, 3.8) is 0 Å². The number of anilines is 3. The first kappa shape index (κ1) is 37.3. The van der Waals surface area contributed by atoms with Crippen LogP contribution in [-0.2, 0) is 0 Å². The van der Waals surface area contributed by atoms with E-state index in [1.807, 2.05) is 12.1 Å². The Morgan fingerprint density at radius 2 is 0.719 bits per heavy atom. The summed E-state index contributed by atoms with van der Waals surface area (Å²) in [5, 5.41) is 7.26. The molecule has 1 heterocycles. The lowest BCUT2D eigenvalue weighted by Gasteiger charge is -2.26. The second kappa shape index (κ2) is 15.8. The fourth-order valence-electron chi connectivity index (χ4n) is 9.65. The highest BCUT2D eigenvalue weighted by Crippen LogP contribution is 2.46. The maximum absolute atomic E-state index is 6.44. The Hall–Kier alpha value is -8.46. The fourth-order valence-corrected chi connectivity index (χ4v) is 9.65. The minimum absolute atomic E-state index is 0.903. The summed E-state index contributed by atoms with van der Waals surface area (Å²) in [6.45, 7) is 0. The molecular formula is C62H41NO. The Morgan fingerprint density at radius 1 is 0.250 bits per heavy atom. The summed E-state index contributed by atoms with van der Waals surface area (Å²) in [5.41, 5.74) is 16.8. The molecule has 12 aromatic rings. The third-order valence-electron chi connectivity index (χ3n) is 12.7. The lowest BCUT2D eigenvalue weighted by Crippen LogP contribution is -2.10. The van der Waals surface area contributed by atoms with Gasteiger partial charge in [0.2, 0.25) is 0 Å². The van der Waals surface area contributed by atoms with Crippen LogP contribution < -0.4 is 4.90 Å². The van der Waals surface area contributed by atoms with Crippen LogP contribution in [0.3, 0.4) is 0 Å². The lowest BCUT2D eigenvalue weighted by atomic mass is 9.84. The molecule has 0 aliphatic heterocycles. The molecule has 64 heavy (non-hydrogen) atoms. The molecular weight excluding hydrogens is 775 g/mol. The monoisotopic (exact) mass is 815 g/mol. The Balaban J connectivity index is 0.980. The van der Waals surface area contributed by atoms with Gasteiger partial charge in [0.15, 0.2) is 0 Å². The number of furan rings is 1. The first-order chi connectivity index (χ1) is 31.7. The third kappa shape index (κ3) is 6.52. The zero-order valence-corrected chi connectivity index (χ0v) is 35.0. The van der Waals surface area contributed by atoms with Crippen molar-refractivity contribution in [2.45, 2.75) is 0 Å². The van der Waals surface area contributed by atoms with Crippen LogP contribution in [0.15, 0.2) is 253 Å². The number of hydrogen-bond acceptors (Lipinski definition) is 2. The van der Waals surface area contributed by atoms with E-state index < -0.39 is 0 Å². The van der Waals surface area contributed by atoms with Crippen molar-refractivity contribution in [2.75, 3.05) is 4.90 Å². The quantitative estimate of drug-likeness (QED) is 0.142. The van der Waals surface area contributed by atoms with Crippen molar-refractivity contribution < 1.29 is 4.42 Å².